The molecule has 1 aliphatic carbocycles. The van der Waals surface area contributed by atoms with Crippen LogP contribution in [0.2, 0.25) is 0 Å². The van der Waals surface area contributed by atoms with E-state index in [4.69, 9.17) is 4.98 Å². The SMILES string of the molecule is CC1(C)c2ccc(-n3c4ccccc4c4cc(-c5ccc6c(c5)c5ccccc5n6-c5ccccc5)ccc43)cc2-c2c1c1ccccc1c1nc3ccccc3n21. The maximum atomic E-state index is 5.23. The van der Waals surface area contributed by atoms with E-state index in [-0.39, 0.29) is 5.41 Å². The quantitative estimate of drug-likeness (QED) is 0.177. The number of hydrogen-bond acceptors (Lipinski definition) is 1. The standard InChI is InChI=1S/C54H36N4/c1-54(2)44-27-26-36(32-43(44)52-51(54)39-18-6-7-19-40(39)53-55-45-20-10-13-23-50(45)58(52)53)57-47-22-12-9-17-38(47)42-31-34(25-29-49(42)57)33-24-28-48-41(30-33)37-16-8-11-21-46(37)56(48)35-14-4-3-5-15-35/h3-32H,1-2H3. The maximum Gasteiger partial charge on any atom is 0.146 e. The fourth-order valence-corrected chi connectivity index (χ4v) is 10.4. The minimum Gasteiger partial charge on any atom is -0.309 e. The van der Waals surface area contributed by atoms with Crippen LogP contribution in [-0.4, -0.2) is 18.5 Å². The number of benzene rings is 8. The van der Waals surface area contributed by atoms with Crippen LogP contribution in [0.25, 0.3) is 105 Å². The van der Waals surface area contributed by atoms with Gasteiger partial charge in [0.1, 0.15) is 5.65 Å². The molecule has 0 aliphatic heterocycles. The molecular formula is C54H36N4. The predicted octanol–water partition coefficient (Wildman–Crippen LogP) is 13.8. The molecule has 58 heavy (non-hydrogen) atoms. The van der Waals surface area contributed by atoms with Gasteiger partial charge in [0.2, 0.25) is 0 Å². The lowest BCUT2D eigenvalue weighted by atomic mass is 9.80. The highest BCUT2D eigenvalue weighted by molar-refractivity contribution is 6.13. The highest BCUT2D eigenvalue weighted by Crippen LogP contribution is 2.53. The summed E-state index contributed by atoms with van der Waals surface area (Å²) in [5, 5.41) is 7.48. The second-order valence-corrected chi connectivity index (χ2v) is 16.4. The number of aromatic nitrogens is 4. The molecule has 0 amide bonds. The molecule has 13 rings (SSSR count). The van der Waals surface area contributed by atoms with E-state index in [2.05, 4.69) is 209 Å². The Morgan fingerprint density at radius 1 is 0.414 bits per heavy atom. The molecule has 4 heteroatoms. The van der Waals surface area contributed by atoms with Crippen LogP contribution in [0.3, 0.4) is 0 Å². The van der Waals surface area contributed by atoms with Crippen LogP contribution >= 0.6 is 0 Å². The molecule has 0 fully saturated rings. The molecule has 0 N–H and O–H groups in total. The Bertz CT molecular complexity index is 3710. The topological polar surface area (TPSA) is 27.2 Å². The molecule has 0 unspecified atom stereocenters. The first kappa shape index (κ1) is 31.7. The van der Waals surface area contributed by atoms with Crippen LogP contribution in [0.15, 0.2) is 182 Å². The van der Waals surface area contributed by atoms with Gasteiger partial charge in [0.25, 0.3) is 0 Å². The molecule has 0 saturated carbocycles. The summed E-state index contributed by atoms with van der Waals surface area (Å²) in [4.78, 5) is 5.23. The number of fused-ring (bicyclic) bond motifs is 16. The van der Waals surface area contributed by atoms with Crippen molar-refractivity contribution in [3.05, 3.63) is 193 Å². The number of rotatable bonds is 3. The third-order valence-electron chi connectivity index (χ3n) is 13.0. The summed E-state index contributed by atoms with van der Waals surface area (Å²) < 4.78 is 7.27. The van der Waals surface area contributed by atoms with E-state index in [1.165, 1.54) is 93.6 Å². The minimum atomic E-state index is -0.202. The average molecular weight is 741 g/mol. The third kappa shape index (κ3) is 4.11. The van der Waals surface area contributed by atoms with E-state index in [9.17, 15) is 0 Å². The van der Waals surface area contributed by atoms with Gasteiger partial charge in [0.15, 0.2) is 0 Å². The zero-order valence-corrected chi connectivity index (χ0v) is 32.1. The Labute approximate surface area is 334 Å². The Kier molecular flexibility index (Phi) is 6.20. The molecule has 0 spiro atoms. The second-order valence-electron chi connectivity index (χ2n) is 16.4. The van der Waals surface area contributed by atoms with Gasteiger partial charge >= 0.3 is 0 Å². The smallest absolute Gasteiger partial charge is 0.146 e. The van der Waals surface area contributed by atoms with Crippen LogP contribution < -0.4 is 0 Å². The number of para-hydroxylation sites is 5. The van der Waals surface area contributed by atoms with Crippen LogP contribution in [0.1, 0.15) is 25.0 Å². The van der Waals surface area contributed by atoms with Crippen LogP contribution in [0.4, 0.5) is 0 Å². The number of pyridine rings is 1. The summed E-state index contributed by atoms with van der Waals surface area (Å²) in [6.45, 7) is 4.76. The Hall–Kier alpha value is -7.43. The normalized spacial score (nSPS) is 13.5. The summed E-state index contributed by atoms with van der Waals surface area (Å²) in [7, 11) is 0. The van der Waals surface area contributed by atoms with Gasteiger partial charge in [-0.3, -0.25) is 4.40 Å². The average Bonchev–Trinajstić information content (AvgIpc) is 3.99. The summed E-state index contributed by atoms with van der Waals surface area (Å²) in [6.07, 6.45) is 0. The molecule has 272 valence electrons. The van der Waals surface area contributed by atoms with Crippen molar-refractivity contribution in [1.82, 2.24) is 18.5 Å². The molecule has 0 bridgehead atoms. The highest BCUT2D eigenvalue weighted by Gasteiger charge is 2.40. The monoisotopic (exact) mass is 740 g/mol. The summed E-state index contributed by atoms with van der Waals surface area (Å²) in [5.41, 5.74) is 17.8. The zero-order chi connectivity index (χ0) is 38.3. The third-order valence-corrected chi connectivity index (χ3v) is 13.0. The summed E-state index contributed by atoms with van der Waals surface area (Å²) >= 11 is 0. The number of nitrogens with zero attached hydrogens (tertiary/aromatic N) is 4. The first-order chi connectivity index (χ1) is 28.5. The lowest BCUT2D eigenvalue weighted by Crippen LogP contribution is -2.16. The van der Waals surface area contributed by atoms with E-state index in [0.29, 0.717) is 0 Å². The number of imidazole rings is 1. The Balaban J connectivity index is 1.02. The summed E-state index contributed by atoms with van der Waals surface area (Å²) in [5.74, 6) is 0. The van der Waals surface area contributed by atoms with Gasteiger partial charge in [-0.05, 0) is 100 Å². The fraction of sp³-hybridized carbons (Fsp3) is 0.0556. The largest absolute Gasteiger partial charge is 0.309 e. The van der Waals surface area contributed by atoms with Gasteiger partial charge in [-0.15, -0.1) is 0 Å². The molecule has 12 aromatic rings. The van der Waals surface area contributed by atoms with Gasteiger partial charge in [-0.25, -0.2) is 4.98 Å². The lowest BCUT2D eigenvalue weighted by molar-refractivity contribution is 0.665. The van der Waals surface area contributed by atoms with Gasteiger partial charge in [0.05, 0.1) is 38.8 Å². The second kappa shape index (κ2) is 11.3. The molecule has 4 heterocycles. The molecule has 4 nitrogen and oxygen atoms in total. The molecule has 0 atom stereocenters. The summed E-state index contributed by atoms with van der Waals surface area (Å²) in [6, 6.07) is 66.8. The van der Waals surface area contributed by atoms with Gasteiger partial charge < -0.3 is 9.13 Å². The van der Waals surface area contributed by atoms with E-state index < -0.39 is 0 Å². The predicted molar refractivity (Wildman–Crippen MR) is 242 cm³/mol. The van der Waals surface area contributed by atoms with Gasteiger partial charge in [-0.2, -0.15) is 0 Å². The van der Waals surface area contributed by atoms with Crippen molar-refractivity contribution in [2.75, 3.05) is 0 Å². The van der Waals surface area contributed by atoms with Crippen LogP contribution in [0.5, 0.6) is 0 Å². The Morgan fingerprint density at radius 3 is 1.62 bits per heavy atom. The highest BCUT2D eigenvalue weighted by atomic mass is 15.0. The zero-order valence-electron chi connectivity index (χ0n) is 32.1. The fourth-order valence-electron chi connectivity index (χ4n) is 10.4. The molecule has 8 aromatic carbocycles. The van der Waals surface area contributed by atoms with E-state index in [1.807, 2.05) is 0 Å². The molecule has 0 saturated heterocycles. The van der Waals surface area contributed by atoms with Crippen molar-refractivity contribution >= 4 is 71.1 Å². The van der Waals surface area contributed by atoms with Crippen LogP contribution in [-0.2, 0) is 5.41 Å². The van der Waals surface area contributed by atoms with Crippen molar-refractivity contribution in [2.45, 2.75) is 19.3 Å². The van der Waals surface area contributed by atoms with Crippen molar-refractivity contribution in [3.63, 3.8) is 0 Å². The van der Waals surface area contributed by atoms with E-state index in [0.717, 1.165) is 22.4 Å². The first-order valence-electron chi connectivity index (χ1n) is 20.1. The van der Waals surface area contributed by atoms with Gasteiger partial charge in [-0.1, -0.05) is 123 Å². The lowest BCUT2D eigenvalue weighted by Gasteiger charge is -2.23. The van der Waals surface area contributed by atoms with Crippen molar-refractivity contribution in [3.8, 4) is 33.8 Å². The van der Waals surface area contributed by atoms with Crippen LogP contribution in [0, 0.1) is 0 Å². The molecule has 1 aliphatic rings. The van der Waals surface area contributed by atoms with Crippen molar-refractivity contribution in [1.29, 1.82) is 0 Å². The van der Waals surface area contributed by atoms with Crippen molar-refractivity contribution in [2.24, 2.45) is 0 Å². The van der Waals surface area contributed by atoms with E-state index >= 15 is 0 Å². The van der Waals surface area contributed by atoms with E-state index in [1.54, 1.807) is 0 Å². The maximum absolute atomic E-state index is 5.23. The molecular weight excluding hydrogens is 705 g/mol. The van der Waals surface area contributed by atoms with Crippen molar-refractivity contribution < 1.29 is 0 Å². The Morgan fingerprint density at radius 2 is 0.948 bits per heavy atom. The molecule has 4 aromatic heterocycles. The first-order valence-corrected chi connectivity index (χ1v) is 20.1. The number of hydrogen-bond donors (Lipinski definition) is 0. The minimum absolute atomic E-state index is 0.202. The van der Waals surface area contributed by atoms with Gasteiger partial charge in [0, 0.05) is 49.3 Å². The molecule has 0 radical (unpaired) electrons.